The molecule has 1 aliphatic carbocycles. The second-order valence-corrected chi connectivity index (χ2v) is 4.11. The van der Waals surface area contributed by atoms with E-state index < -0.39 is 0 Å². The molecule has 1 aromatic carbocycles. The molecule has 1 aromatic rings. The van der Waals surface area contributed by atoms with Crippen molar-refractivity contribution in [3.8, 4) is 6.07 Å². The van der Waals surface area contributed by atoms with Crippen LogP contribution in [0.25, 0.3) is 0 Å². The van der Waals surface area contributed by atoms with Crippen LogP contribution in [0.4, 0.5) is 0 Å². The molecule has 0 heterocycles. The first-order chi connectivity index (χ1) is 7.79. The summed E-state index contributed by atoms with van der Waals surface area (Å²) in [6, 6.07) is 10.4. The molecule has 82 valence electrons. The lowest BCUT2D eigenvalue weighted by Gasteiger charge is -2.25. The van der Waals surface area contributed by atoms with Gasteiger partial charge in [-0.25, -0.2) is 0 Å². The van der Waals surface area contributed by atoms with Gasteiger partial charge < -0.3 is 5.32 Å². The molecule has 0 radical (unpaired) electrons. The van der Waals surface area contributed by atoms with E-state index in [0.29, 0.717) is 0 Å². The van der Waals surface area contributed by atoms with E-state index in [2.05, 4.69) is 17.4 Å². The van der Waals surface area contributed by atoms with E-state index in [1.807, 2.05) is 18.2 Å². The van der Waals surface area contributed by atoms with Crippen LogP contribution in [0, 0.1) is 11.3 Å². The fourth-order valence-electron chi connectivity index (χ4n) is 2.17. The Kier molecular flexibility index (Phi) is 3.21. The van der Waals surface area contributed by atoms with Gasteiger partial charge >= 0.3 is 0 Å². The maximum Gasteiger partial charge on any atom is 0.234 e. The molecular weight excluding hydrogens is 200 g/mol. The molecule has 0 bridgehead atoms. The van der Waals surface area contributed by atoms with E-state index in [1.54, 1.807) is 0 Å². The van der Waals surface area contributed by atoms with Gasteiger partial charge in [0.1, 0.15) is 6.42 Å². The molecule has 2 rings (SSSR count). The summed E-state index contributed by atoms with van der Waals surface area (Å²) in [5, 5.41) is 11.3. The Morgan fingerprint density at radius 1 is 1.44 bits per heavy atom. The average Bonchev–Trinajstić information content (AvgIpc) is 2.29. The Morgan fingerprint density at radius 2 is 2.19 bits per heavy atom. The van der Waals surface area contributed by atoms with Gasteiger partial charge in [0, 0.05) is 6.04 Å². The number of benzene rings is 1. The van der Waals surface area contributed by atoms with Crippen LogP contribution in [0.3, 0.4) is 0 Å². The van der Waals surface area contributed by atoms with Crippen molar-refractivity contribution in [1.29, 1.82) is 5.26 Å². The third-order valence-corrected chi connectivity index (χ3v) is 2.95. The molecular formula is C13H14N2O. The number of hydrogen-bond acceptors (Lipinski definition) is 2. The lowest BCUT2D eigenvalue weighted by Crippen LogP contribution is -2.38. The number of fused-ring (bicyclic) bond motifs is 1. The van der Waals surface area contributed by atoms with Gasteiger partial charge in [-0.15, -0.1) is 0 Å². The number of nitriles is 1. The zero-order valence-corrected chi connectivity index (χ0v) is 9.07. The van der Waals surface area contributed by atoms with Crippen LogP contribution < -0.4 is 5.32 Å². The number of rotatable bonds is 2. The summed E-state index contributed by atoms with van der Waals surface area (Å²) in [6.45, 7) is 0. The second kappa shape index (κ2) is 4.80. The summed E-state index contributed by atoms with van der Waals surface area (Å²) in [4.78, 5) is 11.3. The van der Waals surface area contributed by atoms with Crippen LogP contribution in [0.15, 0.2) is 24.3 Å². The first-order valence-electron chi connectivity index (χ1n) is 5.52. The van der Waals surface area contributed by atoms with Crippen LogP contribution in [0.1, 0.15) is 24.0 Å². The molecule has 0 saturated heterocycles. The first kappa shape index (κ1) is 10.7. The molecule has 1 unspecified atom stereocenters. The molecule has 0 fully saturated rings. The molecule has 0 aliphatic heterocycles. The number of hydrogen-bond donors (Lipinski definition) is 1. The van der Waals surface area contributed by atoms with Crippen LogP contribution in [-0.4, -0.2) is 11.9 Å². The van der Waals surface area contributed by atoms with Crippen molar-refractivity contribution >= 4 is 5.91 Å². The zero-order chi connectivity index (χ0) is 11.4. The summed E-state index contributed by atoms with van der Waals surface area (Å²) in [5.74, 6) is -0.160. The van der Waals surface area contributed by atoms with Crippen molar-refractivity contribution in [2.75, 3.05) is 0 Å². The van der Waals surface area contributed by atoms with Gasteiger partial charge in [0.15, 0.2) is 0 Å². The summed E-state index contributed by atoms with van der Waals surface area (Å²) >= 11 is 0. The van der Waals surface area contributed by atoms with Gasteiger partial charge in [-0.1, -0.05) is 24.3 Å². The quantitative estimate of drug-likeness (QED) is 0.812. The number of nitrogens with one attached hydrogen (secondary N) is 1. The highest BCUT2D eigenvalue weighted by Gasteiger charge is 2.19. The molecule has 3 nitrogen and oxygen atoms in total. The van der Waals surface area contributed by atoms with Crippen molar-refractivity contribution in [1.82, 2.24) is 5.32 Å². The Hall–Kier alpha value is -1.82. The van der Waals surface area contributed by atoms with Crippen molar-refractivity contribution in [3.63, 3.8) is 0 Å². The van der Waals surface area contributed by atoms with E-state index in [1.165, 1.54) is 11.1 Å². The van der Waals surface area contributed by atoms with E-state index >= 15 is 0 Å². The highest BCUT2D eigenvalue weighted by molar-refractivity contribution is 5.78. The SMILES string of the molecule is N#CCC(=O)NC1CCc2ccccc2C1. The van der Waals surface area contributed by atoms with Crippen molar-refractivity contribution < 1.29 is 4.79 Å². The van der Waals surface area contributed by atoms with Crippen molar-refractivity contribution in [2.45, 2.75) is 31.7 Å². The summed E-state index contributed by atoms with van der Waals surface area (Å²) in [7, 11) is 0. The maximum atomic E-state index is 11.3. The minimum atomic E-state index is -0.160. The number of carbonyl (C=O) groups excluding carboxylic acids is 1. The minimum Gasteiger partial charge on any atom is -0.352 e. The zero-order valence-electron chi connectivity index (χ0n) is 9.07. The van der Waals surface area contributed by atoms with E-state index in [4.69, 9.17) is 5.26 Å². The first-order valence-corrected chi connectivity index (χ1v) is 5.52. The van der Waals surface area contributed by atoms with Crippen LogP contribution >= 0.6 is 0 Å². The van der Waals surface area contributed by atoms with Crippen molar-refractivity contribution in [3.05, 3.63) is 35.4 Å². The number of carbonyl (C=O) groups is 1. The van der Waals surface area contributed by atoms with Gasteiger partial charge in [-0.3, -0.25) is 4.79 Å². The van der Waals surface area contributed by atoms with Crippen LogP contribution in [0.5, 0.6) is 0 Å². The third kappa shape index (κ3) is 2.40. The predicted octanol–water partition coefficient (Wildman–Crippen LogP) is 1.57. The largest absolute Gasteiger partial charge is 0.352 e. The number of aryl methyl sites for hydroxylation is 1. The lowest BCUT2D eigenvalue weighted by atomic mass is 9.88. The average molecular weight is 214 g/mol. The van der Waals surface area contributed by atoms with Gasteiger partial charge in [0.05, 0.1) is 6.07 Å². The monoisotopic (exact) mass is 214 g/mol. The smallest absolute Gasteiger partial charge is 0.234 e. The Balaban J connectivity index is 1.98. The molecule has 0 aromatic heterocycles. The van der Waals surface area contributed by atoms with Gasteiger partial charge in [0.25, 0.3) is 0 Å². The summed E-state index contributed by atoms with van der Waals surface area (Å²) < 4.78 is 0. The topological polar surface area (TPSA) is 52.9 Å². The number of nitrogens with zero attached hydrogens (tertiary/aromatic N) is 1. The standard InChI is InChI=1S/C13H14N2O/c14-8-7-13(16)15-12-6-5-10-3-1-2-4-11(10)9-12/h1-4,12H,5-7,9H2,(H,15,16). The highest BCUT2D eigenvalue weighted by Crippen LogP contribution is 2.20. The maximum absolute atomic E-state index is 11.3. The number of amides is 1. The second-order valence-electron chi connectivity index (χ2n) is 4.11. The fraction of sp³-hybridized carbons (Fsp3) is 0.385. The van der Waals surface area contributed by atoms with E-state index in [-0.39, 0.29) is 18.4 Å². The van der Waals surface area contributed by atoms with Gasteiger partial charge in [-0.2, -0.15) is 5.26 Å². The molecule has 16 heavy (non-hydrogen) atoms. The van der Waals surface area contributed by atoms with E-state index in [0.717, 1.165) is 19.3 Å². The predicted molar refractivity (Wildman–Crippen MR) is 60.6 cm³/mol. The third-order valence-electron chi connectivity index (χ3n) is 2.95. The fourth-order valence-corrected chi connectivity index (χ4v) is 2.17. The summed E-state index contributed by atoms with van der Waals surface area (Å²) in [5.41, 5.74) is 2.70. The minimum absolute atomic E-state index is 0.0435. The van der Waals surface area contributed by atoms with Crippen molar-refractivity contribution in [2.24, 2.45) is 0 Å². The Bertz CT molecular complexity index is 434. The highest BCUT2D eigenvalue weighted by atomic mass is 16.1. The normalized spacial score (nSPS) is 18.3. The molecule has 3 heteroatoms. The Morgan fingerprint density at radius 3 is 2.94 bits per heavy atom. The molecule has 1 aliphatic rings. The molecule has 0 spiro atoms. The molecule has 1 amide bonds. The molecule has 1 atom stereocenters. The molecule has 1 N–H and O–H groups in total. The van der Waals surface area contributed by atoms with Gasteiger partial charge in [0.2, 0.25) is 5.91 Å². The van der Waals surface area contributed by atoms with Gasteiger partial charge in [-0.05, 0) is 30.4 Å². The summed E-state index contributed by atoms with van der Waals surface area (Å²) in [6.07, 6.45) is 2.81. The Labute approximate surface area is 95.1 Å². The molecule has 0 saturated carbocycles. The van der Waals surface area contributed by atoms with Crippen LogP contribution in [-0.2, 0) is 17.6 Å². The van der Waals surface area contributed by atoms with E-state index in [9.17, 15) is 4.79 Å². The lowest BCUT2D eigenvalue weighted by molar-refractivity contribution is -0.120. The van der Waals surface area contributed by atoms with Crippen LogP contribution in [0.2, 0.25) is 0 Å².